The van der Waals surface area contributed by atoms with E-state index in [1.54, 1.807) is 25.3 Å². The van der Waals surface area contributed by atoms with Gasteiger partial charge < -0.3 is 14.8 Å². The largest absolute Gasteiger partial charge is 0.493 e. The number of ether oxygens (including phenoxy) is 2. The molecule has 0 bridgehead atoms. The zero-order chi connectivity index (χ0) is 14.1. The van der Waals surface area contributed by atoms with Crippen molar-refractivity contribution < 1.29 is 9.47 Å². The Labute approximate surface area is 114 Å². The van der Waals surface area contributed by atoms with Gasteiger partial charge in [-0.3, -0.25) is 0 Å². The minimum Gasteiger partial charge on any atom is -0.493 e. The molecule has 0 spiro atoms. The molecule has 0 radical (unpaired) electrons. The van der Waals surface area contributed by atoms with Crippen molar-refractivity contribution in [3.8, 4) is 17.6 Å². The lowest BCUT2D eigenvalue weighted by Crippen LogP contribution is -2.20. The molecule has 1 aromatic carbocycles. The van der Waals surface area contributed by atoms with Crippen molar-refractivity contribution in [2.45, 2.75) is 13.3 Å². The van der Waals surface area contributed by atoms with Gasteiger partial charge in [-0.1, -0.05) is 13.5 Å². The van der Waals surface area contributed by atoms with Gasteiger partial charge in [-0.15, -0.1) is 0 Å². The van der Waals surface area contributed by atoms with E-state index in [1.807, 2.05) is 0 Å². The Kier molecular flexibility index (Phi) is 6.48. The van der Waals surface area contributed by atoms with E-state index in [0.717, 1.165) is 25.1 Å². The molecule has 0 aliphatic heterocycles. The fourth-order valence-corrected chi connectivity index (χ4v) is 1.53. The Hall–Kier alpha value is -1.99. The maximum Gasteiger partial charge on any atom is 0.162 e. The molecule has 0 atom stereocenters. The fraction of sp³-hybridized carbons (Fsp3) is 0.400. The van der Waals surface area contributed by atoms with Gasteiger partial charge in [-0.05, 0) is 30.7 Å². The third-order valence-electron chi connectivity index (χ3n) is 2.53. The summed E-state index contributed by atoms with van der Waals surface area (Å²) in [4.78, 5) is 0. The molecule has 102 valence electrons. The Bertz CT molecular complexity index is 464. The summed E-state index contributed by atoms with van der Waals surface area (Å²) in [7, 11) is 1.56. The third-order valence-corrected chi connectivity index (χ3v) is 2.53. The standard InChI is InChI=1S/C15H20N2O2/c1-4-7-17-10-12(2)11-19-14-6-5-13(9-16)8-15(14)18-3/h5-6,8,17H,2,4,7,10-11H2,1,3H3. The molecule has 0 aliphatic rings. The molecular formula is C15H20N2O2. The Morgan fingerprint density at radius 1 is 1.42 bits per heavy atom. The molecule has 1 N–H and O–H groups in total. The van der Waals surface area contributed by atoms with Crippen LogP contribution in [0.2, 0.25) is 0 Å². The number of nitrogens with one attached hydrogen (secondary N) is 1. The van der Waals surface area contributed by atoms with Crippen molar-refractivity contribution >= 4 is 0 Å². The lowest BCUT2D eigenvalue weighted by atomic mass is 10.2. The van der Waals surface area contributed by atoms with Crippen LogP contribution >= 0.6 is 0 Å². The average Bonchev–Trinajstić information content (AvgIpc) is 2.45. The van der Waals surface area contributed by atoms with Gasteiger partial charge in [0.1, 0.15) is 6.61 Å². The first-order valence-electron chi connectivity index (χ1n) is 6.29. The highest BCUT2D eigenvalue weighted by Gasteiger charge is 2.06. The van der Waals surface area contributed by atoms with E-state index < -0.39 is 0 Å². The first kappa shape index (κ1) is 15.1. The molecule has 0 fully saturated rings. The van der Waals surface area contributed by atoms with Crippen LogP contribution in [0.25, 0.3) is 0 Å². The third kappa shape index (κ3) is 5.02. The molecule has 0 aliphatic carbocycles. The number of rotatable bonds is 8. The molecule has 0 aromatic heterocycles. The maximum atomic E-state index is 8.82. The lowest BCUT2D eigenvalue weighted by Gasteiger charge is -2.12. The fourth-order valence-electron chi connectivity index (χ4n) is 1.53. The summed E-state index contributed by atoms with van der Waals surface area (Å²) in [5.74, 6) is 1.19. The topological polar surface area (TPSA) is 54.3 Å². The number of hydrogen-bond donors (Lipinski definition) is 1. The van der Waals surface area contributed by atoms with Crippen LogP contribution < -0.4 is 14.8 Å². The second-order valence-corrected chi connectivity index (χ2v) is 4.19. The smallest absolute Gasteiger partial charge is 0.162 e. The van der Waals surface area contributed by atoms with Crippen molar-refractivity contribution in [1.29, 1.82) is 5.26 Å². The van der Waals surface area contributed by atoms with Crippen molar-refractivity contribution in [2.24, 2.45) is 0 Å². The molecular weight excluding hydrogens is 240 g/mol. The predicted molar refractivity (Wildman–Crippen MR) is 75.5 cm³/mol. The first-order chi connectivity index (χ1) is 9.21. The highest BCUT2D eigenvalue weighted by atomic mass is 16.5. The van der Waals surface area contributed by atoms with Crippen LogP contribution in [0, 0.1) is 11.3 Å². The molecule has 19 heavy (non-hydrogen) atoms. The number of hydrogen-bond acceptors (Lipinski definition) is 4. The highest BCUT2D eigenvalue weighted by molar-refractivity contribution is 5.46. The van der Waals surface area contributed by atoms with Gasteiger partial charge in [0.2, 0.25) is 0 Å². The van der Waals surface area contributed by atoms with Gasteiger partial charge in [0.05, 0.1) is 18.7 Å². The quantitative estimate of drug-likeness (QED) is 0.576. The van der Waals surface area contributed by atoms with E-state index in [4.69, 9.17) is 14.7 Å². The monoisotopic (exact) mass is 260 g/mol. The normalized spacial score (nSPS) is 9.74. The van der Waals surface area contributed by atoms with E-state index in [1.165, 1.54) is 0 Å². The van der Waals surface area contributed by atoms with Crippen LogP contribution in [-0.2, 0) is 0 Å². The minimum absolute atomic E-state index is 0.430. The Morgan fingerprint density at radius 3 is 2.84 bits per heavy atom. The SMILES string of the molecule is C=C(CNCCC)COc1ccc(C#N)cc1OC. The van der Waals surface area contributed by atoms with Crippen LogP contribution in [0.15, 0.2) is 30.4 Å². The van der Waals surface area contributed by atoms with Crippen LogP contribution in [-0.4, -0.2) is 26.8 Å². The second kappa shape index (κ2) is 8.17. The lowest BCUT2D eigenvalue weighted by molar-refractivity contribution is 0.317. The summed E-state index contributed by atoms with van der Waals surface area (Å²) in [5.41, 5.74) is 1.52. The summed E-state index contributed by atoms with van der Waals surface area (Å²) < 4.78 is 10.8. The maximum absolute atomic E-state index is 8.82. The average molecular weight is 260 g/mol. The molecule has 1 aromatic rings. The number of benzene rings is 1. The van der Waals surface area contributed by atoms with Crippen molar-refractivity contribution in [3.05, 3.63) is 35.9 Å². The molecule has 4 nitrogen and oxygen atoms in total. The molecule has 0 unspecified atom stereocenters. The van der Waals surface area contributed by atoms with E-state index >= 15 is 0 Å². The van der Waals surface area contributed by atoms with Gasteiger partial charge in [0.25, 0.3) is 0 Å². The van der Waals surface area contributed by atoms with E-state index in [-0.39, 0.29) is 0 Å². The zero-order valence-corrected chi connectivity index (χ0v) is 11.5. The first-order valence-corrected chi connectivity index (χ1v) is 6.29. The number of nitriles is 1. The molecule has 0 saturated carbocycles. The van der Waals surface area contributed by atoms with Crippen LogP contribution in [0.4, 0.5) is 0 Å². The zero-order valence-electron chi connectivity index (χ0n) is 11.5. The van der Waals surface area contributed by atoms with Crippen LogP contribution in [0.1, 0.15) is 18.9 Å². The summed E-state index contributed by atoms with van der Waals surface area (Å²) in [6, 6.07) is 7.17. The summed E-state index contributed by atoms with van der Waals surface area (Å²) in [6.45, 7) is 8.21. The Balaban J connectivity index is 2.53. The predicted octanol–water partition coefficient (Wildman–Crippen LogP) is 2.50. The highest BCUT2D eigenvalue weighted by Crippen LogP contribution is 2.27. The summed E-state index contributed by atoms with van der Waals surface area (Å²) in [6.07, 6.45) is 1.09. The van der Waals surface area contributed by atoms with Gasteiger partial charge in [0, 0.05) is 12.6 Å². The van der Waals surface area contributed by atoms with E-state index in [9.17, 15) is 0 Å². The molecule has 4 heteroatoms. The molecule has 1 rings (SSSR count). The minimum atomic E-state index is 0.430. The summed E-state index contributed by atoms with van der Waals surface area (Å²) in [5, 5.41) is 12.1. The van der Waals surface area contributed by atoms with Gasteiger partial charge in [-0.2, -0.15) is 5.26 Å². The van der Waals surface area contributed by atoms with Crippen molar-refractivity contribution in [2.75, 3.05) is 26.8 Å². The molecule has 0 saturated heterocycles. The van der Waals surface area contributed by atoms with Crippen LogP contribution in [0.5, 0.6) is 11.5 Å². The van der Waals surface area contributed by atoms with Gasteiger partial charge in [0.15, 0.2) is 11.5 Å². The molecule has 0 amide bonds. The Morgan fingerprint density at radius 2 is 2.21 bits per heavy atom. The number of methoxy groups -OCH3 is 1. The van der Waals surface area contributed by atoms with Crippen molar-refractivity contribution in [3.63, 3.8) is 0 Å². The van der Waals surface area contributed by atoms with E-state index in [2.05, 4.69) is 24.9 Å². The number of nitrogens with zero attached hydrogens (tertiary/aromatic N) is 1. The van der Waals surface area contributed by atoms with Crippen molar-refractivity contribution in [1.82, 2.24) is 5.32 Å². The second-order valence-electron chi connectivity index (χ2n) is 4.19. The van der Waals surface area contributed by atoms with Crippen LogP contribution in [0.3, 0.4) is 0 Å². The molecule has 0 heterocycles. The summed E-state index contributed by atoms with van der Waals surface area (Å²) >= 11 is 0. The van der Waals surface area contributed by atoms with Gasteiger partial charge >= 0.3 is 0 Å². The van der Waals surface area contributed by atoms with E-state index in [0.29, 0.717) is 23.7 Å². The van der Waals surface area contributed by atoms with Gasteiger partial charge in [-0.25, -0.2) is 0 Å².